The standard InChI is InChI=1S/C12H9N3OS.C5H9FN2S.C2H2/c1-2-3-10-8-14-12(17-10)11(16)15-9-4-6-13-7-5-9;6-3-4-1-2-9-5(7)8-4;1-2/h4-8H,1H3,(H,13,15,16);4H,1-3H2,(H2,7,8);1-2H/t;4-;/m.1./s1. The Morgan fingerprint density at radius 1 is 1.43 bits per heavy atom. The molecule has 3 N–H and O–H groups in total. The zero-order chi connectivity index (χ0) is 20.8. The molecule has 3 heterocycles. The Labute approximate surface area is 172 Å². The number of carbonyl (C=O) groups excluding carboxylic acids is 1. The van der Waals surface area contributed by atoms with Gasteiger partial charge in [-0.15, -0.1) is 30.1 Å². The summed E-state index contributed by atoms with van der Waals surface area (Å²) < 4.78 is 11.9. The van der Waals surface area contributed by atoms with E-state index in [4.69, 9.17) is 5.73 Å². The largest absolute Gasteiger partial charge is 0.379 e. The number of aromatic nitrogens is 2. The summed E-state index contributed by atoms with van der Waals surface area (Å²) in [5.74, 6) is 6.30. The van der Waals surface area contributed by atoms with Gasteiger partial charge in [-0.05, 0) is 25.5 Å². The zero-order valence-electron chi connectivity index (χ0n) is 15.3. The monoisotopic (exact) mass is 417 g/mol. The van der Waals surface area contributed by atoms with E-state index >= 15 is 0 Å². The van der Waals surface area contributed by atoms with Crippen molar-refractivity contribution >= 4 is 39.9 Å². The van der Waals surface area contributed by atoms with Crippen LogP contribution in [-0.4, -0.2) is 39.5 Å². The highest BCUT2D eigenvalue weighted by Gasteiger charge is 2.12. The fourth-order valence-corrected chi connectivity index (χ4v) is 3.41. The molecule has 1 aliphatic heterocycles. The van der Waals surface area contributed by atoms with Crippen LogP contribution in [0.2, 0.25) is 0 Å². The van der Waals surface area contributed by atoms with Crippen molar-refractivity contribution in [1.29, 1.82) is 0 Å². The molecule has 3 rings (SSSR count). The van der Waals surface area contributed by atoms with Crippen LogP contribution < -0.4 is 11.1 Å². The Balaban J connectivity index is 0.000000301. The summed E-state index contributed by atoms with van der Waals surface area (Å²) in [6.45, 7) is 1.37. The number of rotatable bonds is 3. The minimum atomic E-state index is -0.374. The van der Waals surface area contributed by atoms with Gasteiger partial charge in [-0.25, -0.2) is 9.37 Å². The van der Waals surface area contributed by atoms with Gasteiger partial charge in [0.15, 0.2) is 10.2 Å². The van der Waals surface area contributed by atoms with Crippen molar-refractivity contribution in [3.63, 3.8) is 0 Å². The number of hydrogen-bond donors (Lipinski definition) is 2. The highest BCUT2D eigenvalue weighted by molar-refractivity contribution is 8.13. The van der Waals surface area contributed by atoms with Crippen LogP contribution in [0.4, 0.5) is 10.1 Å². The quantitative estimate of drug-likeness (QED) is 0.748. The normalized spacial score (nSPS) is 14.6. The predicted octanol–water partition coefficient (Wildman–Crippen LogP) is 3.19. The summed E-state index contributed by atoms with van der Waals surface area (Å²) in [5.41, 5.74) is 6.04. The molecular formula is C19H20FN5OS2. The average molecular weight is 418 g/mol. The maximum Gasteiger partial charge on any atom is 0.284 e. The average Bonchev–Trinajstić information content (AvgIpc) is 3.20. The lowest BCUT2D eigenvalue weighted by Crippen LogP contribution is -2.21. The second-order valence-corrected chi connectivity index (χ2v) is 7.15. The van der Waals surface area contributed by atoms with E-state index in [0.29, 0.717) is 15.9 Å². The van der Waals surface area contributed by atoms with Crippen LogP contribution in [-0.2, 0) is 0 Å². The number of nitrogens with zero attached hydrogens (tertiary/aromatic N) is 3. The fraction of sp³-hybridized carbons (Fsp3) is 0.263. The summed E-state index contributed by atoms with van der Waals surface area (Å²) >= 11 is 2.77. The number of hydrogen-bond acceptors (Lipinski definition) is 7. The molecule has 0 aliphatic carbocycles. The first-order valence-corrected chi connectivity index (χ1v) is 9.88. The van der Waals surface area contributed by atoms with Gasteiger partial charge in [0.25, 0.3) is 5.91 Å². The second-order valence-electron chi connectivity index (χ2n) is 5.01. The first kappa shape index (κ1) is 23.2. The molecule has 2 aromatic rings. The summed E-state index contributed by atoms with van der Waals surface area (Å²) in [4.78, 5) is 24.4. The third-order valence-corrected chi connectivity index (χ3v) is 4.83. The Morgan fingerprint density at radius 2 is 2.14 bits per heavy atom. The Morgan fingerprint density at radius 3 is 2.71 bits per heavy atom. The molecule has 9 heteroatoms. The molecule has 2 aromatic heterocycles. The van der Waals surface area contributed by atoms with E-state index in [9.17, 15) is 9.18 Å². The maximum atomic E-state index is 11.9. The van der Waals surface area contributed by atoms with Crippen LogP contribution in [0.25, 0.3) is 0 Å². The van der Waals surface area contributed by atoms with Crippen molar-refractivity contribution in [3.05, 3.63) is 40.6 Å². The number of halogens is 1. The van der Waals surface area contributed by atoms with Gasteiger partial charge < -0.3 is 11.1 Å². The van der Waals surface area contributed by atoms with Crippen LogP contribution in [0.1, 0.15) is 28.0 Å². The number of amides is 1. The number of anilines is 1. The number of amidine groups is 1. The van der Waals surface area contributed by atoms with Gasteiger partial charge >= 0.3 is 0 Å². The van der Waals surface area contributed by atoms with E-state index in [-0.39, 0.29) is 18.6 Å². The van der Waals surface area contributed by atoms with Crippen molar-refractivity contribution in [2.75, 3.05) is 17.7 Å². The molecule has 0 spiro atoms. The van der Waals surface area contributed by atoms with Crippen molar-refractivity contribution in [2.24, 2.45) is 10.7 Å². The van der Waals surface area contributed by atoms with Crippen molar-refractivity contribution < 1.29 is 9.18 Å². The molecule has 1 aliphatic rings. The minimum absolute atomic E-state index is 0.161. The summed E-state index contributed by atoms with van der Waals surface area (Å²) in [5, 5.41) is 3.67. The van der Waals surface area contributed by atoms with E-state index in [1.165, 1.54) is 23.1 Å². The molecule has 1 amide bonds. The topological polar surface area (TPSA) is 93.3 Å². The number of thiazole rings is 1. The number of nitrogens with two attached hydrogens (primary N) is 1. The molecule has 0 unspecified atom stereocenters. The third kappa shape index (κ3) is 8.21. The van der Waals surface area contributed by atoms with E-state index in [1.54, 1.807) is 37.6 Å². The van der Waals surface area contributed by atoms with Crippen LogP contribution in [0.15, 0.2) is 35.7 Å². The lowest BCUT2D eigenvalue weighted by molar-refractivity contribution is 0.102. The van der Waals surface area contributed by atoms with Crippen LogP contribution >= 0.6 is 23.1 Å². The van der Waals surface area contributed by atoms with E-state index in [1.807, 2.05) is 0 Å². The van der Waals surface area contributed by atoms with Crippen LogP contribution in [0, 0.1) is 24.7 Å². The highest BCUT2D eigenvalue weighted by atomic mass is 32.2. The first-order chi connectivity index (χ1) is 13.6. The Kier molecular flexibility index (Phi) is 11.0. The van der Waals surface area contributed by atoms with E-state index < -0.39 is 0 Å². The molecule has 0 saturated heterocycles. The Bertz CT molecular complexity index is 855. The summed E-state index contributed by atoms with van der Waals surface area (Å²) in [7, 11) is 0. The van der Waals surface area contributed by atoms with Crippen molar-refractivity contribution in [2.45, 2.75) is 19.4 Å². The molecule has 0 bridgehead atoms. The minimum Gasteiger partial charge on any atom is -0.379 e. The number of nitrogens with one attached hydrogen (secondary N) is 1. The van der Waals surface area contributed by atoms with Gasteiger partial charge in [0.05, 0.1) is 17.1 Å². The fourth-order valence-electron chi connectivity index (χ4n) is 1.87. The van der Waals surface area contributed by atoms with Crippen LogP contribution in [0.3, 0.4) is 0 Å². The molecule has 0 fully saturated rings. The number of carbonyl (C=O) groups is 1. The zero-order valence-corrected chi connectivity index (χ0v) is 16.9. The first-order valence-electron chi connectivity index (χ1n) is 8.07. The van der Waals surface area contributed by atoms with Gasteiger partial charge in [0.2, 0.25) is 0 Å². The molecule has 0 saturated carbocycles. The predicted molar refractivity (Wildman–Crippen MR) is 115 cm³/mol. The Hall–Kier alpha value is -2.88. The van der Waals surface area contributed by atoms with Crippen LogP contribution in [0.5, 0.6) is 0 Å². The van der Waals surface area contributed by atoms with Gasteiger partial charge in [0.1, 0.15) is 6.67 Å². The number of aliphatic imine (C=N–C) groups is 1. The van der Waals surface area contributed by atoms with Crippen molar-refractivity contribution in [1.82, 2.24) is 9.97 Å². The lowest BCUT2D eigenvalue weighted by atomic mass is 10.3. The molecule has 6 nitrogen and oxygen atoms in total. The second kappa shape index (κ2) is 13.3. The third-order valence-electron chi connectivity index (χ3n) is 3.08. The molecule has 0 aromatic carbocycles. The molecule has 146 valence electrons. The summed E-state index contributed by atoms with van der Waals surface area (Å²) in [6, 6.07) is 3.28. The number of pyridine rings is 1. The molecule has 1 atom stereocenters. The highest BCUT2D eigenvalue weighted by Crippen LogP contribution is 2.15. The number of thioether (sulfide) groups is 1. The van der Waals surface area contributed by atoms with E-state index in [0.717, 1.165) is 17.1 Å². The number of terminal acetylenes is 1. The number of alkyl halides is 1. The van der Waals surface area contributed by atoms with Gasteiger partial charge in [-0.2, -0.15) is 0 Å². The summed E-state index contributed by atoms with van der Waals surface area (Å²) in [6.07, 6.45) is 13.7. The molecule has 28 heavy (non-hydrogen) atoms. The molecule has 0 radical (unpaired) electrons. The van der Waals surface area contributed by atoms with Gasteiger partial charge in [-0.1, -0.05) is 17.7 Å². The lowest BCUT2D eigenvalue weighted by Gasteiger charge is -2.13. The van der Waals surface area contributed by atoms with Crippen molar-refractivity contribution in [3.8, 4) is 24.7 Å². The van der Waals surface area contributed by atoms with E-state index in [2.05, 4.69) is 45.0 Å². The maximum absolute atomic E-state index is 11.9. The smallest absolute Gasteiger partial charge is 0.284 e. The SMILES string of the molecule is C#C.CC#Cc1cnc(C(=O)Nc2ccncc2)s1.NC1=N[C@@H](CF)CCS1. The van der Waals surface area contributed by atoms with Gasteiger partial charge in [-0.3, -0.25) is 14.8 Å². The van der Waals surface area contributed by atoms with Gasteiger partial charge in [0, 0.05) is 23.8 Å². The molecular weight excluding hydrogens is 397 g/mol.